The maximum atomic E-state index is 12.8. The summed E-state index contributed by atoms with van der Waals surface area (Å²) in [6, 6.07) is 14.8. The van der Waals surface area contributed by atoms with E-state index in [4.69, 9.17) is 62.7 Å². The van der Waals surface area contributed by atoms with E-state index in [-0.39, 0.29) is 27.3 Å². The number of halogens is 5. The summed E-state index contributed by atoms with van der Waals surface area (Å²) in [5, 5.41) is 3.57. The Morgan fingerprint density at radius 3 is 2.27 bits per heavy atom. The van der Waals surface area contributed by atoms with Crippen LogP contribution in [-0.2, 0) is 16.2 Å². The molecule has 12 heteroatoms. The van der Waals surface area contributed by atoms with Gasteiger partial charge >= 0.3 is 0 Å². The normalized spacial score (nSPS) is 14.4. The molecule has 0 spiro atoms. The SMILES string of the molecule is O=C(CN1C(=O)S/C(=C/c2cc(Cl)c(OCc3ccc(Cl)c(Cl)c3)c(Cl)c2)C1=O)Nc1ccccc1Cl. The molecule has 1 fully saturated rings. The van der Waals surface area contributed by atoms with Crippen LogP contribution < -0.4 is 10.1 Å². The molecule has 37 heavy (non-hydrogen) atoms. The van der Waals surface area contributed by atoms with Gasteiger partial charge in [-0.1, -0.05) is 76.2 Å². The predicted octanol–water partition coefficient (Wildman–Crippen LogP) is 8.21. The molecule has 1 heterocycles. The van der Waals surface area contributed by atoms with Crippen LogP contribution in [0.1, 0.15) is 11.1 Å². The average Bonchev–Trinajstić information content (AvgIpc) is 3.09. The largest absolute Gasteiger partial charge is 0.486 e. The van der Waals surface area contributed by atoms with E-state index >= 15 is 0 Å². The quantitative estimate of drug-likeness (QED) is 0.271. The molecule has 0 saturated carbocycles. The van der Waals surface area contributed by atoms with Crippen LogP contribution in [0.2, 0.25) is 25.1 Å². The number of anilines is 1. The van der Waals surface area contributed by atoms with Gasteiger partial charge < -0.3 is 10.1 Å². The lowest BCUT2D eigenvalue weighted by atomic mass is 10.2. The van der Waals surface area contributed by atoms with Crippen LogP contribution in [0.4, 0.5) is 10.5 Å². The molecule has 4 rings (SSSR count). The summed E-state index contributed by atoms with van der Waals surface area (Å²) in [6.45, 7) is -0.318. The van der Waals surface area contributed by atoms with Crippen LogP contribution >= 0.6 is 69.8 Å². The van der Waals surface area contributed by atoms with Crippen molar-refractivity contribution in [3.8, 4) is 5.75 Å². The number of benzene rings is 3. The first-order valence-electron chi connectivity index (χ1n) is 10.5. The van der Waals surface area contributed by atoms with E-state index in [9.17, 15) is 14.4 Å². The van der Waals surface area contributed by atoms with E-state index in [0.717, 1.165) is 10.5 Å². The minimum Gasteiger partial charge on any atom is -0.486 e. The minimum absolute atomic E-state index is 0.118. The molecule has 1 saturated heterocycles. The van der Waals surface area contributed by atoms with E-state index < -0.39 is 23.6 Å². The number of amides is 3. The Balaban J connectivity index is 1.44. The Morgan fingerprint density at radius 2 is 1.59 bits per heavy atom. The Bertz CT molecular complexity index is 1420. The number of carbonyl (C=O) groups excluding carboxylic acids is 3. The molecule has 1 N–H and O–H groups in total. The van der Waals surface area contributed by atoms with E-state index in [1.165, 1.54) is 6.08 Å². The van der Waals surface area contributed by atoms with Crippen molar-refractivity contribution in [2.24, 2.45) is 0 Å². The maximum Gasteiger partial charge on any atom is 0.294 e. The summed E-state index contributed by atoms with van der Waals surface area (Å²) < 4.78 is 5.76. The summed E-state index contributed by atoms with van der Waals surface area (Å²) >= 11 is 31.5. The summed E-state index contributed by atoms with van der Waals surface area (Å²) in [7, 11) is 0. The molecular weight excluding hydrogens is 602 g/mol. The van der Waals surface area contributed by atoms with Gasteiger partial charge in [0.25, 0.3) is 11.1 Å². The van der Waals surface area contributed by atoms with Crippen molar-refractivity contribution < 1.29 is 19.1 Å². The molecule has 0 bridgehead atoms. The number of carbonyl (C=O) groups is 3. The zero-order chi connectivity index (χ0) is 26.7. The number of imide groups is 1. The molecule has 1 aliphatic rings. The number of nitrogens with one attached hydrogen (secondary N) is 1. The Kier molecular flexibility index (Phi) is 8.95. The maximum absolute atomic E-state index is 12.8. The monoisotopic (exact) mass is 614 g/mol. The third kappa shape index (κ3) is 6.74. The molecule has 190 valence electrons. The lowest BCUT2D eigenvalue weighted by molar-refractivity contribution is -0.127. The van der Waals surface area contributed by atoms with Gasteiger partial charge in [-0.25, -0.2) is 0 Å². The second kappa shape index (κ2) is 12.0. The van der Waals surface area contributed by atoms with Gasteiger partial charge in [-0.05, 0) is 65.4 Å². The van der Waals surface area contributed by atoms with E-state index in [0.29, 0.717) is 38.1 Å². The van der Waals surface area contributed by atoms with E-state index in [2.05, 4.69) is 5.32 Å². The van der Waals surface area contributed by atoms with Gasteiger partial charge in [0.05, 0.1) is 35.7 Å². The van der Waals surface area contributed by atoms with Crippen LogP contribution in [0.5, 0.6) is 5.75 Å². The second-order valence-corrected chi connectivity index (χ2v) is 10.7. The topological polar surface area (TPSA) is 75.7 Å². The number of ether oxygens (including phenoxy) is 1. The van der Waals surface area contributed by atoms with E-state index in [1.807, 2.05) is 0 Å². The van der Waals surface area contributed by atoms with E-state index in [1.54, 1.807) is 54.6 Å². The van der Waals surface area contributed by atoms with Gasteiger partial charge in [-0.15, -0.1) is 0 Å². The number of para-hydroxylation sites is 1. The molecule has 3 aromatic carbocycles. The Morgan fingerprint density at radius 1 is 0.892 bits per heavy atom. The van der Waals surface area contributed by atoms with Crippen molar-refractivity contribution in [3.63, 3.8) is 0 Å². The number of hydrogen-bond acceptors (Lipinski definition) is 5. The smallest absolute Gasteiger partial charge is 0.294 e. The zero-order valence-corrected chi connectivity index (χ0v) is 23.2. The Hall–Kier alpha value is -2.39. The fraction of sp³-hybridized carbons (Fsp3) is 0.0800. The number of rotatable bonds is 7. The highest BCUT2D eigenvalue weighted by atomic mass is 35.5. The molecule has 3 amide bonds. The highest BCUT2D eigenvalue weighted by molar-refractivity contribution is 8.18. The first kappa shape index (κ1) is 27.6. The first-order chi connectivity index (χ1) is 17.6. The van der Waals surface area contributed by atoms with Crippen molar-refractivity contribution in [2.75, 3.05) is 11.9 Å². The first-order valence-corrected chi connectivity index (χ1v) is 13.2. The molecule has 0 atom stereocenters. The van der Waals surface area contributed by atoms with Crippen molar-refractivity contribution in [1.82, 2.24) is 4.90 Å². The summed E-state index contributed by atoms with van der Waals surface area (Å²) in [4.78, 5) is 38.6. The molecule has 0 aliphatic carbocycles. The molecule has 3 aromatic rings. The van der Waals surface area contributed by atoms with Crippen molar-refractivity contribution in [3.05, 3.63) is 95.7 Å². The van der Waals surface area contributed by atoms with Gasteiger partial charge in [0, 0.05) is 0 Å². The van der Waals surface area contributed by atoms with Gasteiger partial charge in [-0.3, -0.25) is 19.3 Å². The number of hydrogen-bond donors (Lipinski definition) is 1. The molecular formula is C25H15Cl5N2O4S. The van der Waals surface area contributed by atoms with Crippen LogP contribution in [0.15, 0.2) is 59.5 Å². The fourth-order valence-corrected chi connectivity index (χ4v) is 5.22. The molecule has 0 unspecified atom stereocenters. The third-order valence-electron chi connectivity index (χ3n) is 5.01. The highest BCUT2D eigenvalue weighted by Crippen LogP contribution is 2.38. The fourth-order valence-electron chi connectivity index (χ4n) is 3.27. The van der Waals surface area contributed by atoms with Gasteiger partial charge in [0.15, 0.2) is 5.75 Å². The summed E-state index contributed by atoms with van der Waals surface area (Å²) in [6.07, 6.45) is 1.47. The van der Waals surface area contributed by atoms with Gasteiger partial charge in [0.2, 0.25) is 5.91 Å². The minimum atomic E-state index is -0.614. The lowest BCUT2D eigenvalue weighted by Crippen LogP contribution is -2.36. The van der Waals surface area contributed by atoms with Crippen LogP contribution in [0.3, 0.4) is 0 Å². The van der Waals surface area contributed by atoms with Crippen LogP contribution in [0.25, 0.3) is 6.08 Å². The lowest BCUT2D eigenvalue weighted by Gasteiger charge is -2.13. The highest BCUT2D eigenvalue weighted by Gasteiger charge is 2.36. The van der Waals surface area contributed by atoms with Crippen molar-refractivity contribution >= 4 is 98.6 Å². The second-order valence-electron chi connectivity index (χ2n) is 7.65. The predicted molar refractivity (Wildman–Crippen MR) is 150 cm³/mol. The van der Waals surface area contributed by atoms with Gasteiger partial charge in [-0.2, -0.15) is 0 Å². The summed E-state index contributed by atoms with van der Waals surface area (Å²) in [5.74, 6) is -0.932. The van der Waals surface area contributed by atoms with Crippen LogP contribution in [0, 0.1) is 0 Å². The standard InChI is InChI=1S/C25H15Cl5N2O4S/c26-15-6-5-13(7-17(15)28)12-36-23-18(29)8-14(9-19(23)30)10-21-24(34)32(25(35)37-21)11-22(33)31-20-4-2-1-3-16(20)27/h1-10H,11-12H2,(H,31,33)/b21-10+. The number of nitrogens with zero attached hydrogens (tertiary/aromatic N) is 1. The molecule has 1 aliphatic heterocycles. The zero-order valence-electron chi connectivity index (χ0n) is 18.6. The molecule has 0 radical (unpaired) electrons. The van der Waals surface area contributed by atoms with Crippen LogP contribution in [-0.4, -0.2) is 28.5 Å². The van der Waals surface area contributed by atoms with Crippen molar-refractivity contribution in [1.29, 1.82) is 0 Å². The molecule has 0 aromatic heterocycles. The molecule has 6 nitrogen and oxygen atoms in total. The summed E-state index contributed by atoms with van der Waals surface area (Å²) in [5.41, 5.74) is 1.61. The Labute approximate surface area is 241 Å². The third-order valence-corrected chi connectivity index (χ3v) is 7.55. The average molecular weight is 617 g/mol. The van der Waals surface area contributed by atoms with Gasteiger partial charge in [0.1, 0.15) is 13.2 Å². The van der Waals surface area contributed by atoms with Crippen molar-refractivity contribution in [2.45, 2.75) is 6.61 Å². The number of thioether (sulfide) groups is 1.